The van der Waals surface area contributed by atoms with Crippen LogP contribution in [0.25, 0.3) is 22.5 Å². The van der Waals surface area contributed by atoms with E-state index >= 15 is 0 Å². The summed E-state index contributed by atoms with van der Waals surface area (Å²) in [4.78, 5) is 28.0. The van der Waals surface area contributed by atoms with Gasteiger partial charge in [-0.1, -0.05) is 72.9 Å². The van der Waals surface area contributed by atoms with Gasteiger partial charge in [0, 0.05) is 23.3 Å². The van der Waals surface area contributed by atoms with Gasteiger partial charge in [-0.2, -0.15) is 10.1 Å². The van der Waals surface area contributed by atoms with Crippen molar-refractivity contribution in [3.8, 4) is 22.5 Å². The lowest BCUT2D eigenvalue weighted by molar-refractivity contribution is -0.384. The zero-order valence-electron chi connectivity index (χ0n) is 19.6. The molecule has 0 saturated heterocycles. The van der Waals surface area contributed by atoms with Crippen LogP contribution in [-0.4, -0.2) is 41.2 Å². The van der Waals surface area contributed by atoms with Gasteiger partial charge in [0.2, 0.25) is 4.80 Å². The number of nitro benzene ring substituents is 1. The molecule has 0 aliphatic heterocycles. The summed E-state index contributed by atoms with van der Waals surface area (Å²) >= 11 is 1.32. The fourth-order valence-electron chi connectivity index (χ4n) is 3.76. The summed E-state index contributed by atoms with van der Waals surface area (Å²) in [5, 5.41) is 30.7. The fraction of sp³-hybridized carbons (Fsp3) is 0.120. The van der Waals surface area contributed by atoms with Gasteiger partial charge in [0.1, 0.15) is 5.01 Å². The van der Waals surface area contributed by atoms with Gasteiger partial charge in [0.05, 0.1) is 11.5 Å². The third-order valence-corrected chi connectivity index (χ3v) is 6.68. The summed E-state index contributed by atoms with van der Waals surface area (Å²) in [5.41, 5.74) is 3.84. The Morgan fingerprint density at radius 2 is 1.86 bits per heavy atom. The zero-order chi connectivity index (χ0) is 25.8. The largest absolute Gasteiger partial charge is 0.279 e. The minimum atomic E-state index is -0.558. The smallest absolute Gasteiger partial charge is 0.267 e. The maximum absolute atomic E-state index is 12.8. The number of nitro groups is 1. The van der Waals surface area contributed by atoms with Crippen LogP contribution in [0.3, 0.4) is 0 Å². The SMILES string of the molecule is CCc1nn(Cc2ccc(-c3ccccc3-c3nnn[nH]3)cc2)c(=NC(=O)c2cccc([N+](=O)[O-])c2)s1. The van der Waals surface area contributed by atoms with E-state index in [9.17, 15) is 14.9 Å². The van der Waals surface area contributed by atoms with Gasteiger partial charge in [-0.3, -0.25) is 14.9 Å². The van der Waals surface area contributed by atoms with Crippen LogP contribution in [0, 0.1) is 10.1 Å². The molecule has 0 spiro atoms. The molecule has 0 fully saturated rings. The monoisotopic (exact) mass is 512 g/mol. The lowest BCUT2D eigenvalue weighted by atomic mass is 9.98. The highest BCUT2D eigenvalue weighted by atomic mass is 32.1. The molecule has 0 atom stereocenters. The van der Waals surface area contributed by atoms with Crippen LogP contribution in [-0.2, 0) is 13.0 Å². The third-order valence-electron chi connectivity index (χ3n) is 5.59. The van der Waals surface area contributed by atoms with Crippen molar-refractivity contribution in [2.24, 2.45) is 4.99 Å². The van der Waals surface area contributed by atoms with E-state index in [0.717, 1.165) is 27.3 Å². The van der Waals surface area contributed by atoms with Gasteiger partial charge < -0.3 is 0 Å². The second-order valence-corrected chi connectivity index (χ2v) is 9.05. The second kappa shape index (κ2) is 10.4. The summed E-state index contributed by atoms with van der Waals surface area (Å²) in [6.07, 6.45) is 0.692. The number of non-ortho nitro benzene ring substituents is 1. The number of rotatable bonds is 7. The molecule has 0 saturated carbocycles. The molecule has 11 nitrogen and oxygen atoms in total. The Kier molecular flexibility index (Phi) is 6.72. The van der Waals surface area contributed by atoms with Crippen molar-refractivity contribution in [3.63, 3.8) is 0 Å². The molecule has 5 aromatic rings. The number of nitrogens with one attached hydrogen (secondary N) is 1. The number of hydrogen-bond donors (Lipinski definition) is 1. The molecule has 0 aliphatic rings. The number of nitrogens with zero attached hydrogens (tertiary/aromatic N) is 7. The lowest BCUT2D eigenvalue weighted by Gasteiger charge is -2.08. The normalized spacial score (nSPS) is 11.5. The van der Waals surface area contributed by atoms with E-state index in [2.05, 4.69) is 30.7 Å². The van der Waals surface area contributed by atoms with E-state index in [0.29, 0.717) is 23.6 Å². The molecule has 0 radical (unpaired) electrons. The van der Waals surface area contributed by atoms with Gasteiger partial charge in [0.15, 0.2) is 5.82 Å². The summed E-state index contributed by atoms with van der Waals surface area (Å²) in [6, 6.07) is 21.4. The molecule has 2 heterocycles. The Bertz CT molecular complexity index is 1640. The van der Waals surface area contributed by atoms with E-state index in [1.807, 2.05) is 55.5 Å². The van der Waals surface area contributed by atoms with E-state index < -0.39 is 10.8 Å². The van der Waals surface area contributed by atoms with E-state index in [4.69, 9.17) is 0 Å². The minimum Gasteiger partial charge on any atom is -0.267 e. The van der Waals surface area contributed by atoms with Crippen molar-refractivity contribution < 1.29 is 9.72 Å². The number of aryl methyl sites for hydroxylation is 1. The van der Waals surface area contributed by atoms with Crippen LogP contribution < -0.4 is 4.80 Å². The Morgan fingerprint density at radius 1 is 1.08 bits per heavy atom. The van der Waals surface area contributed by atoms with Gasteiger partial charge in [-0.05, 0) is 39.6 Å². The first-order chi connectivity index (χ1) is 18.0. The first-order valence-corrected chi connectivity index (χ1v) is 12.2. The Labute approximate surface area is 214 Å². The maximum atomic E-state index is 12.8. The Hall–Kier alpha value is -4.84. The molecule has 3 aromatic carbocycles. The van der Waals surface area contributed by atoms with Gasteiger partial charge in [-0.15, -0.1) is 5.10 Å². The molecule has 37 heavy (non-hydrogen) atoms. The number of amides is 1. The number of aromatic amines is 1. The topological polar surface area (TPSA) is 145 Å². The predicted octanol–water partition coefficient (Wildman–Crippen LogP) is 4.05. The van der Waals surface area contributed by atoms with Crippen molar-refractivity contribution in [1.29, 1.82) is 0 Å². The van der Waals surface area contributed by atoms with Crippen LogP contribution in [0.2, 0.25) is 0 Å². The molecule has 1 N–H and O–H groups in total. The quantitative estimate of drug-likeness (QED) is 0.256. The molecule has 184 valence electrons. The highest BCUT2D eigenvalue weighted by molar-refractivity contribution is 7.08. The highest BCUT2D eigenvalue weighted by Gasteiger charge is 2.13. The number of tetrazole rings is 1. The summed E-state index contributed by atoms with van der Waals surface area (Å²) in [5.74, 6) is 0.0297. The number of carbonyl (C=O) groups excluding carboxylic acids is 1. The lowest BCUT2D eigenvalue weighted by Crippen LogP contribution is -2.19. The molecule has 0 unspecified atom stereocenters. The van der Waals surface area contributed by atoms with Crippen molar-refractivity contribution in [3.05, 3.63) is 104 Å². The van der Waals surface area contributed by atoms with Crippen molar-refractivity contribution >= 4 is 22.9 Å². The zero-order valence-corrected chi connectivity index (χ0v) is 20.4. The van der Waals surface area contributed by atoms with E-state index in [1.54, 1.807) is 4.68 Å². The number of H-pyrrole nitrogens is 1. The van der Waals surface area contributed by atoms with Crippen LogP contribution in [0.4, 0.5) is 5.69 Å². The number of hydrogen-bond acceptors (Lipinski definition) is 8. The van der Waals surface area contributed by atoms with Crippen molar-refractivity contribution in [1.82, 2.24) is 30.4 Å². The van der Waals surface area contributed by atoms with Crippen LogP contribution in [0.5, 0.6) is 0 Å². The highest BCUT2D eigenvalue weighted by Crippen LogP contribution is 2.29. The molecular formula is C25H20N8O3S. The van der Waals surface area contributed by atoms with Gasteiger partial charge >= 0.3 is 0 Å². The average Bonchev–Trinajstić information content (AvgIpc) is 3.60. The molecule has 12 heteroatoms. The van der Waals surface area contributed by atoms with E-state index in [-0.39, 0.29) is 11.3 Å². The Balaban J connectivity index is 1.43. The summed E-state index contributed by atoms with van der Waals surface area (Å²) < 4.78 is 1.68. The molecule has 1 amide bonds. The minimum absolute atomic E-state index is 0.150. The van der Waals surface area contributed by atoms with Crippen molar-refractivity contribution in [2.75, 3.05) is 0 Å². The Morgan fingerprint density at radius 3 is 2.57 bits per heavy atom. The summed E-state index contributed by atoms with van der Waals surface area (Å²) in [7, 11) is 0. The number of aromatic nitrogens is 6. The maximum Gasteiger partial charge on any atom is 0.279 e. The molecule has 0 aliphatic carbocycles. The molecule has 5 rings (SSSR count). The molecule has 0 bridgehead atoms. The first-order valence-electron chi connectivity index (χ1n) is 11.3. The first kappa shape index (κ1) is 23.9. The van der Waals surface area contributed by atoms with Crippen LogP contribution >= 0.6 is 11.3 Å². The number of benzene rings is 3. The van der Waals surface area contributed by atoms with E-state index in [1.165, 1.54) is 35.6 Å². The predicted molar refractivity (Wildman–Crippen MR) is 137 cm³/mol. The van der Waals surface area contributed by atoms with Crippen molar-refractivity contribution in [2.45, 2.75) is 19.9 Å². The molecule has 2 aromatic heterocycles. The standard InChI is InChI=1S/C25H20N8O3S/c1-2-22-29-32(25(37-22)26-24(34)18-6-5-7-19(14-18)33(35)36)15-16-10-12-17(13-11-16)20-8-3-4-9-21(20)23-27-30-31-28-23/h3-14H,2,15H2,1H3,(H,27,28,30,31). The third kappa shape index (κ3) is 5.23. The average molecular weight is 513 g/mol. The second-order valence-electron chi connectivity index (χ2n) is 8.01. The van der Waals surface area contributed by atoms with Gasteiger partial charge in [0.25, 0.3) is 11.6 Å². The summed E-state index contributed by atoms with van der Waals surface area (Å²) in [6.45, 7) is 2.39. The number of carbonyl (C=O) groups is 1. The van der Waals surface area contributed by atoms with Crippen LogP contribution in [0.15, 0.2) is 77.8 Å². The fourth-order valence-corrected chi connectivity index (χ4v) is 4.60. The van der Waals surface area contributed by atoms with Crippen LogP contribution in [0.1, 0.15) is 27.9 Å². The van der Waals surface area contributed by atoms with Gasteiger partial charge in [-0.25, -0.2) is 9.78 Å². The molecular weight excluding hydrogens is 492 g/mol.